The molecule has 4 aliphatic heterocycles. The van der Waals surface area contributed by atoms with Crippen LogP contribution in [0.3, 0.4) is 0 Å². The molecule has 1 fully saturated rings. The molecule has 18 rings (SSSR count). The van der Waals surface area contributed by atoms with Gasteiger partial charge in [-0.05, 0) is 177 Å². The first-order valence-electron chi connectivity index (χ1n) is 38.2. The van der Waals surface area contributed by atoms with E-state index in [1.807, 2.05) is 157 Å². The Morgan fingerprint density at radius 1 is 0.333 bits per heavy atom. The third kappa shape index (κ3) is 17.9. The van der Waals surface area contributed by atoms with Gasteiger partial charge in [0.05, 0.1) is 79.6 Å². The number of benzene rings is 9. The van der Waals surface area contributed by atoms with Crippen molar-refractivity contribution in [1.29, 1.82) is 0 Å². The number of para-hydroxylation sites is 5. The Kier molecular flexibility index (Phi) is 23.6. The SMILES string of the molecule is CN1C(=O)c2ccccc2N(C)c2nc(Nc3ccc(S(=O)(=O)NC4CC4)cc3)ncc21.CN1C(=O)c2ccccc2N(C)c2nc(Nc3ccc(S(=O)(=O)Oc4ccccc4)cc3)ncc21.CN1C(=O)c2ccccc2N(C)c2nc(Nc3ccc(S(C)(=O)=O)cc3)ncc21.CSc1ccc(Nc2ncc3c(n2)N(C)c2ccccc2C(=O)N3C)cc1. The second-order valence-corrected chi connectivity index (χ2v) is 34.8. The van der Waals surface area contributed by atoms with Crippen molar-refractivity contribution in [3.63, 3.8) is 0 Å². The van der Waals surface area contributed by atoms with Gasteiger partial charge < -0.3 is 64.6 Å². The molecule has 0 saturated heterocycles. The molecule has 0 radical (unpaired) electrons. The van der Waals surface area contributed by atoms with Crippen molar-refractivity contribution in [2.24, 2.45) is 0 Å². The summed E-state index contributed by atoms with van der Waals surface area (Å²) in [6.45, 7) is 0. The smallest absolute Gasteiger partial charge is 0.339 e. The average molecular weight is 1730 g/mol. The van der Waals surface area contributed by atoms with Crippen LogP contribution in [0.5, 0.6) is 5.75 Å². The molecule has 624 valence electrons. The van der Waals surface area contributed by atoms with Gasteiger partial charge >= 0.3 is 10.1 Å². The molecule has 8 heterocycles. The number of hydrogen-bond donors (Lipinski definition) is 5. The normalized spacial score (nSPS) is 13.9. The van der Waals surface area contributed by atoms with Gasteiger partial charge in [0.15, 0.2) is 33.1 Å². The van der Waals surface area contributed by atoms with Crippen LogP contribution in [0.4, 0.5) is 115 Å². The molecule has 0 unspecified atom stereocenters. The summed E-state index contributed by atoms with van der Waals surface area (Å²) in [5.74, 6) is 3.59. The largest absolute Gasteiger partial charge is 0.379 e. The predicted molar refractivity (Wildman–Crippen MR) is 478 cm³/mol. The highest BCUT2D eigenvalue weighted by molar-refractivity contribution is 7.98. The number of fused-ring (bicyclic) bond motifs is 8. The van der Waals surface area contributed by atoms with Gasteiger partial charge in [-0.3, -0.25) is 19.2 Å². The van der Waals surface area contributed by atoms with E-state index in [4.69, 9.17) is 4.18 Å². The summed E-state index contributed by atoms with van der Waals surface area (Å²) in [4.78, 5) is 103. The summed E-state index contributed by atoms with van der Waals surface area (Å²) in [6, 6.07) is 64.9. The maximum Gasteiger partial charge on any atom is 0.339 e. The molecule has 1 aliphatic carbocycles. The number of rotatable bonds is 16. The van der Waals surface area contributed by atoms with Gasteiger partial charge in [-0.1, -0.05) is 66.7 Å². The number of anilines is 20. The fraction of sp³-hybridized carbons (Fsp3) is 0.149. The van der Waals surface area contributed by atoms with Crippen molar-refractivity contribution in [2.75, 3.05) is 129 Å². The minimum absolute atomic E-state index is 0.0197. The van der Waals surface area contributed by atoms with Crippen molar-refractivity contribution < 1.29 is 48.6 Å². The van der Waals surface area contributed by atoms with Crippen LogP contribution >= 0.6 is 11.8 Å². The maximum absolute atomic E-state index is 12.9. The molecule has 5 N–H and O–H groups in total. The number of nitrogens with one attached hydrogen (secondary N) is 5. The van der Waals surface area contributed by atoms with E-state index in [9.17, 15) is 44.4 Å². The van der Waals surface area contributed by atoms with E-state index >= 15 is 0 Å². The number of amides is 4. The van der Waals surface area contributed by atoms with Gasteiger partial charge in [0.1, 0.15) is 33.4 Å². The lowest BCUT2D eigenvalue weighted by atomic mass is 10.1. The molecule has 1 saturated carbocycles. The number of carbonyl (C=O) groups excluding carboxylic acids is 4. The molecular weight excluding hydrogens is 1640 g/mol. The van der Waals surface area contributed by atoms with Gasteiger partial charge in [-0.25, -0.2) is 41.5 Å². The minimum Gasteiger partial charge on any atom is -0.379 e. The Balaban J connectivity index is 0.000000128. The number of nitrogens with zero attached hydrogens (tertiary/aromatic N) is 16. The Hall–Kier alpha value is -14.5. The number of sulfone groups is 1. The lowest BCUT2D eigenvalue weighted by molar-refractivity contribution is 0.0986. The van der Waals surface area contributed by atoms with Crippen molar-refractivity contribution >= 4 is 181 Å². The van der Waals surface area contributed by atoms with E-state index in [0.717, 1.165) is 47.5 Å². The monoisotopic (exact) mass is 1720 g/mol. The molecule has 36 heteroatoms. The lowest BCUT2D eigenvalue weighted by Gasteiger charge is -2.21. The molecule has 123 heavy (non-hydrogen) atoms. The number of carbonyl (C=O) groups is 4. The van der Waals surface area contributed by atoms with Crippen LogP contribution in [0.1, 0.15) is 54.3 Å². The fourth-order valence-electron chi connectivity index (χ4n) is 13.6. The van der Waals surface area contributed by atoms with Crippen molar-refractivity contribution in [3.05, 3.63) is 271 Å². The van der Waals surface area contributed by atoms with Crippen molar-refractivity contribution in [3.8, 4) is 5.75 Å². The summed E-state index contributed by atoms with van der Waals surface area (Å²) < 4.78 is 80.8. The average Bonchev–Trinajstić information content (AvgIpc) is 1.65. The maximum atomic E-state index is 12.9. The molecule has 0 atom stereocenters. The van der Waals surface area contributed by atoms with Gasteiger partial charge in [0, 0.05) is 96.3 Å². The zero-order valence-electron chi connectivity index (χ0n) is 67.9. The fourth-order valence-corrected chi connectivity index (χ4v) is 16.9. The molecule has 0 bridgehead atoms. The van der Waals surface area contributed by atoms with Crippen LogP contribution in [0, 0.1) is 0 Å². The van der Waals surface area contributed by atoms with E-state index in [-0.39, 0.29) is 50.1 Å². The van der Waals surface area contributed by atoms with Gasteiger partial charge in [0.25, 0.3) is 23.6 Å². The number of sulfonamides is 1. The highest BCUT2D eigenvalue weighted by atomic mass is 32.2. The summed E-state index contributed by atoms with van der Waals surface area (Å²) in [5.41, 5.74) is 10.7. The Morgan fingerprint density at radius 3 is 0.902 bits per heavy atom. The summed E-state index contributed by atoms with van der Waals surface area (Å²) in [6.07, 6.45) is 11.4. The summed E-state index contributed by atoms with van der Waals surface area (Å²) >= 11 is 1.70. The molecule has 5 aliphatic rings. The Bertz CT molecular complexity index is 6610. The van der Waals surface area contributed by atoms with E-state index in [0.29, 0.717) is 109 Å². The van der Waals surface area contributed by atoms with Crippen molar-refractivity contribution in [2.45, 2.75) is 38.5 Å². The molecule has 4 amide bonds. The quantitative estimate of drug-likeness (QED) is 0.0443. The summed E-state index contributed by atoms with van der Waals surface area (Å²) in [5, 5.41) is 12.5. The van der Waals surface area contributed by atoms with Gasteiger partial charge in [0.2, 0.25) is 33.8 Å². The minimum atomic E-state index is -3.97. The topological polar surface area (TPSA) is 369 Å². The van der Waals surface area contributed by atoms with Gasteiger partial charge in [-0.15, -0.1) is 11.8 Å². The molecule has 9 aromatic carbocycles. The van der Waals surface area contributed by atoms with Crippen molar-refractivity contribution in [1.82, 2.24) is 44.6 Å². The standard InChI is InChI=1S/C25H21N5O4S.C22H22N6O3S.C20H19N5O3S.C20H19N5OS/c1-29-21-11-7-6-10-20(21)24(31)30(2)22-16-26-25(28-23(22)29)27-17-12-14-19(15-13-17)35(32,33)34-18-8-4-3-5-9-18;1-27-18-6-4-3-5-17(18)21(29)28(2)19-13-23-22(25-20(19)27)24-14-9-11-16(12-10-14)32(30,31)26-15-7-8-15;1-24-16-7-5-4-6-15(16)19(26)25(2)17-12-21-20(23-18(17)24)22-13-8-10-14(11-9-13)29(3,27)28;1-24-16-7-5-4-6-15(16)19(26)25(2)17-12-21-20(23-18(17)24)22-13-8-10-14(27-3)11-9-13/h3-16H,1-2H3,(H,26,27,28);3-6,9-13,15,26H,7-8H2,1-2H3,(H,23,24,25);4-12H,1-3H3,(H,21,22,23);4-12H,1-3H3,(H,21,22,23). The van der Waals surface area contributed by atoms with E-state index < -0.39 is 30.0 Å². The molecule has 4 aromatic heterocycles. The van der Waals surface area contributed by atoms with Gasteiger partial charge in [-0.2, -0.15) is 28.4 Å². The Labute approximate surface area is 714 Å². The second-order valence-electron chi connectivity index (χ2n) is 28.7. The highest BCUT2D eigenvalue weighted by Crippen LogP contribution is 2.44. The van der Waals surface area contributed by atoms with Crippen LogP contribution in [0.2, 0.25) is 0 Å². The first-order valence-corrected chi connectivity index (χ1v) is 44.2. The van der Waals surface area contributed by atoms with Crippen LogP contribution in [-0.2, 0) is 30.0 Å². The summed E-state index contributed by atoms with van der Waals surface area (Å²) in [7, 11) is 3.54. The third-order valence-corrected chi connectivity index (χ3v) is 25.1. The first kappa shape index (κ1) is 83.6. The van der Waals surface area contributed by atoms with E-state index in [1.54, 1.807) is 167 Å². The van der Waals surface area contributed by atoms with Crippen LogP contribution in [0.25, 0.3) is 0 Å². The van der Waals surface area contributed by atoms with E-state index in [2.05, 4.69) is 65.9 Å². The number of aromatic nitrogens is 8. The first-order chi connectivity index (χ1) is 59.0. The molecule has 32 nitrogen and oxygen atoms in total. The third-order valence-electron chi connectivity index (χ3n) is 20.5. The van der Waals surface area contributed by atoms with E-state index in [1.165, 1.54) is 43.9 Å². The van der Waals surface area contributed by atoms with Crippen LogP contribution < -0.4 is 69.4 Å². The Morgan fingerprint density at radius 2 is 0.610 bits per heavy atom. The molecule has 13 aromatic rings. The predicted octanol–water partition coefficient (Wildman–Crippen LogP) is 14.6. The van der Waals surface area contributed by atoms with Crippen LogP contribution in [0.15, 0.2) is 269 Å². The second kappa shape index (κ2) is 34.7. The molecular formula is C87H81N21O11S4. The zero-order valence-corrected chi connectivity index (χ0v) is 71.2. The molecule has 0 spiro atoms. The zero-order chi connectivity index (χ0) is 86.8. The number of thioether (sulfide) groups is 1. The highest BCUT2D eigenvalue weighted by Gasteiger charge is 2.35. The van der Waals surface area contributed by atoms with Crippen LogP contribution in [-0.4, -0.2) is 164 Å². The number of hydrogen-bond acceptors (Lipinski definition) is 28. The lowest BCUT2D eigenvalue weighted by Crippen LogP contribution is -2.25.